The summed E-state index contributed by atoms with van der Waals surface area (Å²) in [4.78, 5) is 28.9. The molecule has 170 valence electrons. The molecule has 0 atom stereocenters. The SMILES string of the molecule is CCOc1cc(/C=C2/N=C(c3ccc(C)cc3)OC2=O)ccc1OC(=O)/C=C/c1ccccc1. The highest BCUT2D eigenvalue weighted by molar-refractivity contribution is 6.12. The van der Waals surface area contributed by atoms with Crippen LogP contribution in [-0.2, 0) is 14.3 Å². The van der Waals surface area contributed by atoms with Gasteiger partial charge in [0.25, 0.3) is 0 Å². The molecule has 0 aliphatic carbocycles. The van der Waals surface area contributed by atoms with Crippen LogP contribution in [0, 0.1) is 6.92 Å². The minimum atomic E-state index is -0.532. The molecule has 0 aromatic heterocycles. The van der Waals surface area contributed by atoms with Crippen molar-refractivity contribution >= 4 is 30.0 Å². The summed E-state index contributed by atoms with van der Waals surface area (Å²) in [6, 6.07) is 22.0. The fourth-order valence-electron chi connectivity index (χ4n) is 3.22. The number of carbonyl (C=O) groups is 2. The summed E-state index contributed by atoms with van der Waals surface area (Å²) in [5.41, 5.74) is 3.55. The zero-order chi connectivity index (χ0) is 23.9. The van der Waals surface area contributed by atoms with E-state index in [0.29, 0.717) is 17.9 Å². The van der Waals surface area contributed by atoms with E-state index in [-0.39, 0.29) is 17.3 Å². The summed E-state index contributed by atoms with van der Waals surface area (Å²) >= 11 is 0. The molecular weight excluding hydrogens is 430 g/mol. The zero-order valence-electron chi connectivity index (χ0n) is 18.9. The number of aryl methyl sites for hydroxylation is 1. The van der Waals surface area contributed by atoms with Gasteiger partial charge in [0.2, 0.25) is 5.90 Å². The fraction of sp³-hybridized carbons (Fsp3) is 0.107. The van der Waals surface area contributed by atoms with Crippen LogP contribution in [0.4, 0.5) is 0 Å². The Morgan fingerprint density at radius 2 is 1.74 bits per heavy atom. The number of cyclic esters (lactones) is 1. The molecule has 0 bridgehead atoms. The number of esters is 2. The molecule has 4 rings (SSSR count). The van der Waals surface area contributed by atoms with Gasteiger partial charge in [-0.25, -0.2) is 14.6 Å². The lowest BCUT2D eigenvalue weighted by atomic mass is 10.1. The van der Waals surface area contributed by atoms with E-state index < -0.39 is 11.9 Å². The van der Waals surface area contributed by atoms with Crippen LogP contribution in [0.15, 0.2) is 89.6 Å². The highest BCUT2D eigenvalue weighted by Gasteiger charge is 2.24. The quantitative estimate of drug-likeness (QED) is 0.274. The van der Waals surface area contributed by atoms with E-state index >= 15 is 0 Å². The maximum absolute atomic E-state index is 12.3. The number of carbonyl (C=O) groups excluding carboxylic acids is 2. The van der Waals surface area contributed by atoms with E-state index in [1.807, 2.05) is 68.4 Å². The lowest BCUT2D eigenvalue weighted by Crippen LogP contribution is -2.06. The van der Waals surface area contributed by atoms with Crippen LogP contribution in [0.5, 0.6) is 11.5 Å². The van der Waals surface area contributed by atoms with E-state index in [2.05, 4.69) is 4.99 Å². The van der Waals surface area contributed by atoms with Gasteiger partial charge in [0, 0.05) is 11.6 Å². The van der Waals surface area contributed by atoms with Crippen LogP contribution in [0.2, 0.25) is 0 Å². The van der Waals surface area contributed by atoms with Crippen molar-refractivity contribution in [2.24, 2.45) is 4.99 Å². The Labute approximate surface area is 197 Å². The smallest absolute Gasteiger partial charge is 0.363 e. The molecule has 0 unspecified atom stereocenters. The van der Waals surface area contributed by atoms with E-state index in [4.69, 9.17) is 14.2 Å². The number of aliphatic imine (C=N–C) groups is 1. The van der Waals surface area contributed by atoms with Crippen LogP contribution in [-0.4, -0.2) is 24.4 Å². The largest absolute Gasteiger partial charge is 0.490 e. The minimum Gasteiger partial charge on any atom is -0.490 e. The fourth-order valence-corrected chi connectivity index (χ4v) is 3.22. The first kappa shape index (κ1) is 22.7. The third kappa shape index (κ3) is 5.66. The number of rotatable bonds is 7. The van der Waals surface area contributed by atoms with Gasteiger partial charge in [-0.15, -0.1) is 0 Å². The minimum absolute atomic E-state index is 0.175. The summed E-state index contributed by atoms with van der Waals surface area (Å²) in [6.45, 7) is 4.19. The predicted molar refractivity (Wildman–Crippen MR) is 131 cm³/mol. The molecular formula is C28H23NO5. The highest BCUT2D eigenvalue weighted by atomic mass is 16.6. The molecule has 0 saturated carbocycles. The Kier molecular flexibility index (Phi) is 6.98. The molecule has 1 heterocycles. The number of hydrogen-bond donors (Lipinski definition) is 0. The molecule has 3 aromatic rings. The first-order chi connectivity index (χ1) is 16.5. The van der Waals surface area contributed by atoms with Crippen molar-refractivity contribution in [2.45, 2.75) is 13.8 Å². The lowest BCUT2D eigenvalue weighted by Gasteiger charge is -2.10. The molecule has 0 spiro atoms. The molecule has 34 heavy (non-hydrogen) atoms. The molecule has 0 fully saturated rings. The van der Waals surface area contributed by atoms with Crippen molar-refractivity contribution in [1.29, 1.82) is 0 Å². The van der Waals surface area contributed by atoms with Crippen molar-refractivity contribution < 1.29 is 23.8 Å². The van der Waals surface area contributed by atoms with Gasteiger partial charge < -0.3 is 14.2 Å². The van der Waals surface area contributed by atoms with Gasteiger partial charge in [0.1, 0.15) is 0 Å². The maximum Gasteiger partial charge on any atom is 0.363 e. The van der Waals surface area contributed by atoms with Crippen LogP contribution < -0.4 is 9.47 Å². The number of hydrogen-bond acceptors (Lipinski definition) is 6. The van der Waals surface area contributed by atoms with E-state index in [1.165, 1.54) is 6.08 Å². The predicted octanol–water partition coefficient (Wildman–Crippen LogP) is 5.36. The third-order valence-corrected chi connectivity index (χ3v) is 4.91. The van der Waals surface area contributed by atoms with E-state index in [0.717, 1.165) is 16.7 Å². The first-order valence-electron chi connectivity index (χ1n) is 10.8. The molecule has 0 radical (unpaired) electrons. The van der Waals surface area contributed by atoms with Crippen molar-refractivity contribution in [1.82, 2.24) is 0 Å². The van der Waals surface area contributed by atoms with Crippen LogP contribution in [0.25, 0.3) is 12.2 Å². The van der Waals surface area contributed by atoms with E-state index in [9.17, 15) is 9.59 Å². The molecule has 6 heteroatoms. The Morgan fingerprint density at radius 1 is 0.971 bits per heavy atom. The van der Waals surface area contributed by atoms with Crippen LogP contribution >= 0.6 is 0 Å². The summed E-state index contributed by atoms with van der Waals surface area (Å²) in [5.74, 6) is -0.133. The first-order valence-corrected chi connectivity index (χ1v) is 10.8. The third-order valence-electron chi connectivity index (χ3n) is 4.91. The van der Waals surface area contributed by atoms with Crippen LogP contribution in [0.1, 0.15) is 29.2 Å². The monoisotopic (exact) mass is 453 g/mol. The summed E-state index contributed by atoms with van der Waals surface area (Å²) < 4.78 is 16.4. The number of nitrogens with zero attached hydrogens (tertiary/aromatic N) is 1. The molecule has 6 nitrogen and oxygen atoms in total. The van der Waals surface area contributed by atoms with Gasteiger partial charge in [-0.2, -0.15) is 0 Å². The molecule has 1 aliphatic heterocycles. The van der Waals surface area contributed by atoms with Crippen LogP contribution in [0.3, 0.4) is 0 Å². The van der Waals surface area contributed by atoms with Crippen molar-refractivity contribution in [3.05, 3.63) is 107 Å². The zero-order valence-corrected chi connectivity index (χ0v) is 18.9. The Morgan fingerprint density at radius 3 is 2.47 bits per heavy atom. The second-order valence-corrected chi connectivity index (χ2v) is 7.51. The van der Waals surface area contributed by atoms with Gasteiger partial charge >= 0.3 is 11.9 Å². The summed E-state index contributed by atoms with van der Waals surface area (Å²) in [7, 11) is 0. The van der Waals surface area contributed by atoms with Crippen molar-refractivity contribution in [3.63, 3.8) is 0 Å². The standard InChI is InChI=1S/C28H23NO5/c1-3-32-25-18-21(11-15-24(25)33-26(30)16-12-20-7-5-4-6-8-20)17-23-28(31)34-27(29-23)22-13-9-19(2)10-14-22/h4-18H,3H2,1-2H3/b16-12+,23-17+. The Hall–Kier alpha value is -4.45. The average molecular weight is 453 g/mol. The second-order valence-electron chi connectivity index (χ2n) is 7.51. The molecule has 1 aliphatic rings. The second kappa shape index (κ2) is 10.4. The van der Waals surface area contributed by atoms with Crippen molar-refractivity contribution in [2.75, 3.05) is 6.61 Å². The summed E-state index contributed by atoms with van der Waals surface area (Å²) in [6.07, 6.45) is 4.64. The van der Waals surface area contributed by atoms with Crippen molar-refractivity contribution in [3.8, 4) is 11.5 Å². The molecule has 0 N–H and O–H groups in total. The Balaban J connectivity index is 1.53. The normalized spacial score (nSPS) is 14.2. The summed E-state index contributed by atoms with van der Waals surface area (Å²) in [5, 5.41) is 0. The Bertz CT molecular complexity index is 1290. The number of benzene rings is 3. The maximum atomic E-state index is 12.3. The molecule has 0 amide bonds. The van der Waals surface area contributed by atoms with Gasteiger partial charge in [-0.05, 0) is 61.4 Å². The molecule has 3 aromatic carbocycles. The number of ether oxygens (including phenoxy) is 3. The van der Waals surface area contributed by atoms with Gasteiger partial charge in [0.15, 0.2) is 17.2 Å². The van der Waals surface area contributed by atoms with Gasteiger partial charge in [0.05, 0.1) is 6.61 Å². The molecule has 0 saturated heterocycles. The average Bonchev–Trinajstić information content (AvgIpc) is 3.20. The van der Waals surface area contributed by atoms with Gasteiger partial charge in [-0.1, -0.05) is 54.1 Å². The lowest BCUT2D eigenvalue weighted by molar-refractivity contribution is -0.130. The topological polar surface area (TPSA) is 74.2 Å². The highest BCUT2D eigenvalue weighted by Crippen LogP contribution is 2.30. The van der Waals surface area contributed by atoms with E-state index in [1.54, 1.807) is 30.4 Å². The van der Waals surface area contributed by atoms with Gasteiger partial charge in [-0.3, -0.25) is 0 Å².